The van der Waals surface area contributed by atoms with Crippen LogP contribution in [0.2, 0.25) is 0 Å². The Morgan fingerprint density at radius 1 is 1.39 bits per heavy atom. The van der Waals surface area contributed by atoms with Crippen molar-refractivity contribution in [1.29, 1.82) is 0 Å². The van der Waals surface area contributed by atoms with Crippen molar-refractivity contribution in [3.8, 4) is 5.75 Å². The zero-order chi connectivity index (χ0) is 12.8. The number of benzene rings is 1. The largest absolute Gasteiger partial charge is 0.494 e. The second-order valence-electron chi connectivity index (χ2n) is 4.09. The third-order valence-corrected chi connectivity index (χ3v) is 2.74. The van der Waals surface area contributed by atoms with Crippen LogP contribution in [0, 0.1) is 0 Å². The molecular weight excluding hydrogens is 226 g/mol. The molecule has 4 heteroatoms. The molecule has 0 fully saturated rings. The van der Waals surface area contributed by atoms with E-state index in [2.05, 4.69) is 10.3 Å². The van der Waals surface area contributed by atoms with Gasteiger partial charge in [-0.15, -0.1) is 0 Å². The van der Waals surface area contributed by atoms with E-state index >= 15 is 0 Å². The van der Waals surface area contributed by atoms with Crippen LogP contribution in [-0.4, -0.2) is 22.7 Å². The maximum atomic E-state index is 5.46. The highest BCUT2D eigenvalue weighted by Crippen LogP contribution is 2.17. The van der Waals surface area contributed by atoms with Crippen LogP contribution < -0.4 is 10.1 Å². The van der Waals surface area contributed by atoms with Gasteiger partial charge in [-0.05, 0) is 19.1 Å². The van der Waals surface area contributed by atoms with Gasteiger partial charge in [0.15, 0.2) is 0 Å². The topological polar surface area (TPSA) is 39.1 Å². The van der Waals surface area contributed by atoms with Gasteiger partial charge in [0.1, 0.15) is 11.6 Å². The Balaban J connectivity index is 1.86. The van der Waals surface area contributed by atoms with Gasteiger partial charge in [0, 0.05) is 44.2 Å². The van der Waals surface area contributed by atoms with Crippen LogP contribution in [0.15, 0.2) is 36.7 Å². The van der Waals surface area contributed by atoms with E-state index in [-0.39, 0.29) is 0 Å². The average Bonchev–Trinajstić information content (AvgIpc) is 2.76. The summed E-state index contributed by atoms with van der Waals surface area (Å²) in [5.41, 5.74) is 1.08. The fourth-order valence-electron chi connectivity index (χ4n) is 1.82. The minimum atomic E-state index is 0.691. The highest BCUT2D eigenvalue weighted by atomic mass is 16.5. The van der Waals surface area contributed by atoms with Gasteiger partial charge in [0.05, 0.1) is 6.61 Å². The van der Waals surface area contributed by atoms with Gasteiger partial charge >= 0.3 is 0 Å². The normalized spacial score (nSPS) is 10.3. The van der Waals surface area contributed by atoms with Crippen molar-refractivity contribution in [1.82, 2.24) is 9.55 Å². The van der Waals surface area contributed by atoms with Crippen LogP contribution in [0.1, 0.15) is 12.7 Å². The van der Waals surface area contributed by atoms with Crippen molar-refractivity contribution >= 4 is 5.69 Å². The second-order valence-corrected chi connectivity index (χ2v) is 4.09. The number of ether oxygens (including phenoxy) is 1. The first-order valence-electron chi connectivity index (χ1n) is 6.22. The first-order chi connectivity index (χ1) is 8.79. The summed E-state index contributed by atoms with van der Waals surface area (Å²) in [6.45, 7) is 3.54. The monoisotopic (exact) mass is 245 g/mol. The summed E-state index contributed by atoms with van der Waals surface area (Å²) in [4.78, 5) is 4.29. The van der Waals surface area contributed by atoms with Crippen LogP contribution in [-0.2, 0) is 13.5 Å². The molecule has 0 unspecified atom stereocenters. The quantitative estimate of drug-likeness (QED) is 0.849. The molecule has 0 saturated heterocycles. The Labute approximate surface area is 108 Å². The Hall–Kier alpha value is -1.97. The molecule has 18 heavy (non-hydrogen) atoms. The number of hydrogen-bond donors (Lipinski definition) is 1. The fourth-order valence-corrected chi connectivity index (χ4v) is 1.82. The molecule has 0 amide bonds. The molecule has 1 aromatic heterocycles. The van der Waals surface area contributed by atoms with Crippen molar-refractivity contribution in [3.05, 3.63) is 42.5 Å². The van der Waals surface area contributed by atoms with E-state index in [0.717, 1.165) is 30.2 Å². The zero-order valence-electron chi connectivity index (χ0n) is 10.9. The average molecular weight is 245 g/mol. The molecule has 0 spiro atoms. The molecule has 2 aromatic rings. The van der Waals surface area contributed by atoms with Gasteiger partial charge in [0.2, 0.25) is 0 Å². The van der Waals surface area contributed by atoms with Gasteiger partial charge in [-0.2, -0.15) is 0 Å². The molecule has 0 aliphatic heterocycles. The Bertz CT molecular complexity index is 493. The lowest BCUT2D eigenvalue weighted by Gasteiger charge is -2.08. The summed E-state index contributed by atoms with van der Waals surface area (Å²) >= 11 is 0. The van der Waals surface area contributed by atoms with Gasteiger partial charge in [-0.1, -0.05) is 6.07 Å². The Kier molecular flexibility index (Phi) is 4.23. The van der Waals surface area contributed by atoms with Crippen LogP contribution >= 0.6 is 0 Å². The predicted octanol–water partition coefficient (Wildman–Crippen LogP) is 2.47. The summed E-state index contributed by atoms with van der Waals surface area (Å²) in [5.74, 6) is 1.99. The molecule has 0 bridgehead atoms. The van der Waals surface area contributed by atoms with E-state index in [1.165, 1.54) is 0 Å². The number of nitrogens with one attached hydrogen (secondary N) is 1. The predicted molar refractivity (Wildman–Crippen MR) is 73.0 cm³/mol. The smallest absolute Gasteiger partial charge is 0.121 e. The minimum Gasteiger partial charge on any atom is -0.494 e. The number of nitrogens with zero attached hydrogens (tertiary/aromatic N) is 2. The lowest BCUT2D eigenvalue weighted by molar-refractivity contribution is 0.340. The van der Waals surface area contributed by atoms with Gasteiger partial charge in [-0.25, -0.2) is 4.98 Å². The summed E-state index contributed by atoms with van der Waals surface area (Å²) in [6, 6.07) is 8.02. The number of anilines is 1. The number of aryl methyl sites for hydroxylation is 1. The minimum absolute atomic E-state index is 0.691. The summed E-state index contributed by atoms with van der Waals surface area (Å²) in [7, 11) is 2.01. The van der Waals surface area contributed by atoms with E-state index < -0.39 is 0 Å². The van der Waals surface area contributed by atoms with E-state index in [1.807, 2.05) is 55.2 Å². The second kappa shape index (κ2) is 6.10. The Morgan fingerprint density at radius 2 is 2.28 bits per heavy atom. The van der Waals surface area contributed by atoms with Crippen molar-refractivity contribution in [2.45, 2.75) is 13.3 Å². The van der Waals surface area contributed by atoms with Crippen molar-refractivity contribution in [2.75, 3.05) is 18.5 Å². The highest BCUT2D eigenvalue weighted by Gasteiger charge is 1.99. The zero-order valence-corrected chi connectivity index (χ0v) is 10.9. The molecule has 96 valence electrons. The van der Waals surface area contributed by atoms with Crippen molar-refractivity contribution < 1.29 is 4.74 Å². The van der Waals surface area contributed by atoms with E-state index in [9.17, 15) is 0 Å². The maximum Gasteiger partial charge on any atom is 0.121 e. The third kappa shape index (κ3) is 3.26. The van der Waals surface area contributed by atoms with E-state index in [0.29, 0.717) is 6.61 Å². The lowest BCUT2D eigenvalue weighted by atomic mass is 10.3. The summed E-state index contributed by atoms with van der Waals surface area (Å²) < 4.78 is 7.50. The molecule has 0 aliphatic carbocycles. The lowest BCUT2D eigenvalue weighted by Crippen LogP contribution is -2.08. The number of imidazole rings is 1. The fraction of sp³-hybridized carbons (Fsp3) is 0.357. The van der Waals surface area contributed by atoms with Gasteiger partial charge in [0.25, 0.3) is 0 Å². The SMILES string of the molecule is CCOc1cccc(NCCc2nccn2C)c1. The first kappa shape index (κ1) is 12.5. The van der Waals surface area contributed by atoms with Crippen LogP contribution in [0.5, 0.6) is 5.75 Å². The molecular formula is C14H19N3O. The first-order valence-corrected chi connectivity index (χ1v) is 6.22. The molecule has 1 N–H and O–H groups in total. The highest BCUT2D eigenvalue weighted by molar-refractivity contribution is 5.48. The van der Waals surface area contributed by atoms with Crippen LogP contribution in [0.3, 0.4) is 0 Å². The molecule has 0 aliphatic rings. The van der Waals surface area contributed by atoms with Crippen molar-refractivity contribution in [2.24, 2.45) is 7.05 Å². The molecule has 0 atom stereocenters. The van der Waals surface area contributed by atoms with E-state index in [4.69, 9.17) is 4.74 Å². The van der Waals surface area contributed by atoms with Gasteiger partial charge < -0.3 is 14.6 Å². The maximum absolute atomic E-state index is 5.46. The number of rotatable bonds is 6. The standard InChI is InChI=1S/C14H19N3O/c1-3-18-13-6-4-5-12(11-13)15-8-7-14-16-9-10-17(14)2/h4-6,9-11,15H,3,7-8H2,1-2H3. The molecule has 0 saturated carbocycles. The van der Waals surface area contributed by atoms with Gasteiger partial charge in [-0.3, -0.25) is 0 Å². The molecule has 1 aromatic carbocycles. The molecule has 0 radical (unpaired) electrons. The molecule has 4 nitrogen and oxygen atoms in total. The molecule has 1 heterocycles. The summed E-state index contributed by atoms with van der Waals surface area (Å²) in [5, 5.41) is 3.38. The Morgan fingerprint density at radius 3 is 3.00 bits per heavy atom. The third-order valence-electron chi connectivity index (χ3n) is 2.74. The number of hydrogen-bond acceptors (Lipinski definition) is 3. The van der Waals surface area contributed by atoms with E-state index in [1.54, 1.807) is 0 Å². The van der Waals surface area contributed by atoms with Crippen molar-refractivity contribution in [3.63, 3.8) is 0 Å². The van der Waals surface area contributed by atoms with Crippen LogP contribution in [0.4, 0.5) is 5.69 Å². The number of aromatic nitrogens is 2. The molecule has 2 rings (SSSR count). The summed E-state index contributed by atoms with van der Waals surface area (Å²) in [6.07, 6.45) is 4.69. The van der Waals surface area contributed by atoms with Crippen LogP contribution in [0.25, 0.3) is 0 Å².